The maximum absolute atomic E-state index is 11.6. The molecule has 0 bridgehead atoms. The number of allylic oxidation sites excluding steroid dienone is 4. The molecule has 0 atom stereocenters. The van der Waals surface area contributed by atoms with Gasteiger partial charge in [-0.05, 0) is 47.1 Å². The van der Waals surface area contributed by atoms with E-state index in [1.807, 2.05) is 13.0 Å². The van der Waals surface area contributed by atoms with Crippen molar-refractivity contribution in [2.24, 2.45) is 0 Å². The van der Waals surface area contributed by atoms with Crippen LogP contribution in [-0.2, 0) is 20.8 Å². The van der Waals surface area contributed by atoms with Crippen LogP contribution < -0.4 is 0 Å². The Labute approximate surface area is 174 Å². The molecular formula is C24H35FO4. The molecule has 0 aliphatic heterocycles. The summed E-state index contributed by atoms with van der Waals surface area (Å²) in [6.45, 7) is 3.49. The zero-order chi connectivity index (χ0) is 21.2. The van der Waals surface area contributed by atoms with Gasteiger partial charge >= 0.3 is 0 Å². The van der Waals surface area contributed by atoms with Crippen LogP contribution in [0.2, 0.25) is 0 Å². The molecule has 1 N–H and O–H groups in total. The van der Waals surface area contributed by atoms with Crippen LogP contribution in [0.3, 0.4) is 0 Å². The number of unbranched alkanes of at least 4 members (excludes halogenated alkanes) is 6. The molecule has 0 aliphatic rings. The molecule has 0 amide bonds. The Morgan fingerprint density at radius 2 is 1.69 bits per heavy atom. The van der Waals surface area contributed by atoms with Crippen molar-refractivity contribution < 1.29 is 24.0 Å². The molecule has 0 radical (unpaired) electrons. The van der Waals surface area contributed by atoms with Crippen molar-refractivity contribution in [3.05, 3.63) is 65.6 Å². The number of ether oxygens (including phenoxy) is 2. The topological polar surface area (TPSA) is 47.9 Å². The smallest absolute Gasteiger partial charge is 0.191 e. The van der Waals surface area contributed by atoms with Gasteiger partial charge in [0.1, 0.15) is 5.76 Å². The Hall–Kier alpha value is -2.11. The highest BCUT2D eigenvalue weighted by Crippen LogP contribution is 2.20. The molecule has 162 valence electrons. The summed E-state index contributed by atoms with van der Waals surface area (Å²) in [5, 5.41) is 9.05. The van der Waals surface area contributed by atoms with E-state index >= 15 is 0 Å². The SMILES string of the molecule is C\C=C(/C=C(\C=C\O)OCOCOF)c1ccc(CCCCCCCCC)cc1. The van der Waals surface area contributed by atoms with Gasteiger partial charge in [0.15, 0.2) is 13.6 Å². The minimum atomic E-state index is -0.507. The third kappa shape index (κ3) is 11.5. The Morgan fingerprint density at radius 1 is 1.00 bits per heavy atom. The monoisotopic (exact) mass is 406 g/mol. The zero-order valence-corrected chi connectivity index (χ0v) is 17.7. The van der Waals surface area contributed by atoms with Crippen molar-refractivity contribution in [2.75, 3.05) is 13.6 Å². The zero-order valence-electron chi connectivity index (χ0n) is 17.7. The van der Waals surface area contributed by atoms with E-state index in [4.69, 9.17) is 14.6 Å². The fraction of sp³-hybridized carbons (Fsp3) is 0.500. The molecule has 5 heteroatoms. The molecule has 0 saturated heterocycles. The number of halogens is 1. The van der Waals surface area contributed by atoms with E-state index in [1.54, 1.807) is 6.08 Å². The van der Waals surface area contributed by atoms with Gasteiger partial charge in [0.25, 0.3) is 0 Å². The molecule has 29 heavy (non-hydrogen) atoms. The summed E-state index contributed by atoms with van der Waals surface area (Å²) in [6, 6.07) is 8.51. The molecule has 0 heterocycles. The minimum absolute atomic E-state index is 0.186. The van der Waals surface area contributed by atoms with Gasteiger partial charge in [-0.15, -0.1) is 0 Å². The molecule has 1 rings (SSSR count). The summed E-state index contributed by atoms with van der Waals surface area (Å²) in [5.41, 5.74) is 3.34. The van der Waals surface area contributed by atoms with E-state index in [1.165, 1.54) is 56.6 Å². The van der Waals surface area contributed by atoms with E-state index < -0.39 is 6.79 Å². The Kier molecular flexibility index (Phi) is 14.4. The molecule has 4 nitrogen and oxygen atoms in total. The van der Waals surface area contributed by atoms with Gasteiger partial charge in [-0.25, -0.2) is 0 Å². The summed E-state index contributed by atoms with van der Waals surface area (Å²) in [5.74, 6) is 0.395. The molecule has 0 spiro atoms. The Morgan fingerprint density at radius 3 is 2.31 bits per heavy atom. The number of aliphatic hydroxyl groups excluding tert-OH is 1. The van der Waals surface area contributed by atoms with Crippen molar-refractivity contribution in [3.63, 3.8) is 0 Å². The highest BCUT2D eigenvalue weighted by Gasteiger charge is 2.03. The third-order valence-electron chi connectivity index (χ3n) is 4.64. The first-order valence-corrected chi connectivity index (χ1v) is 10.5. The summed E-state index contributed by atoms with van der Waals surface area (Å²) in [7, 11) is 0. The van der Waals surface area contributed by atoms with Crippen molar-refractivity contribution in [1.82, 2.24) is 0 Å². The van der Waals surface area contributed by atoms with E-state index in [-0.39, 0.29) is 6.79 Å². The summed E-state index contributed by atoms with van der Waals surface area (Å²) in [4.78, 5) is 3.32. The van der Waals surface area contributed by atoms with Crippen LogP contribution in [-0.4, -0.2) is 18.7 Å². The van der Waals surface area contributed by atoms with Crippen molar-refractivity contribution in [1.29, 1.82) is 0 Å². The summed E-state index contributed by atoms with van der Waals surface area (Å²) in [6.07, 6.45) is 16.3. The Bertz CT molecular complexity index is 620. The van der Waals surface area contributed by atoms with Crippen LogP contribution in [0.25, 0.3) is 5.57 Å². The van der Waals surface area contributed by atoms with Gasteiger partial charge in [-0.1, -0.05) is 75.8 Å². The van der Waals surface area contributed by atoms with Gasteiger partial charge in [-0.2, -0.15) is 4.94 Å². The predicted molar refractivity (Wildman–Crippen MR) is 116 cm³/mol. The first-order chi connectivity index (χ1) is 14.2. The van der Waals surface area contributed by atoms with E-state index in [0.29, 0.717) is 5.76 Å². The van der Waals surface area contributed by atoms with Crippen LogP contribution in [0.5, 0.6) is 0 Å². The fourth-order valence-electron chi connectivity index (χ4n) is 3.02. The lowest BCUT2D eigenvalue weighted by Gasteiger charge is -2.09. The van der Waals surface area contributed by atoms with Crippen LogP contribution in [0.15, 0.2) is 54.5 Å². The van der Waals surface area contributed by atoms with Gasteiger partial charge in [-0.3, -0.25) is 0 Å². The average Bonchev–Trinajstić information content (AvgIpc) is 2.75. The van der Waals surface area contributed by atoms with Gasteiger partial charge in [0.05, 0.1) is 6.26 Å². The largest absolute Gasteiger partial charge is 0.515 e. The number of benzene rings is 1. The number of rotatable bonds is 16. The van der Waals surface area contributed by atoms with Crippen LogP contribution in [0, 0.1) is 0 Å². The lowest BCUT2D eigenvalue weighted by atomic mass is 10.00. The summed E-state index contributed by atoms with van der Waals surface area (Å²) >= 11 is 0. The van der Waals surface area contributed by atoms with E-state index in [2.05, 4.69) is 36.1 Å². The summed E-state index contributed by atoms with van der Waals surface area (Å²) < 4.78 is 21.7. The lowest BCUT2D eigenvalue weighted by molar-refractivity contribution is -0.230. The average molecular weight is 407 g/mol. The van der Waals surface area contributed by atoms with Crippen molar-refractivity contribution in [2.45, 2.75) is 65.2 Å². The maximum Gasteiger partial charge on any atom is 0.191 e. The van der Waals surface area contributed by atoms with Crippen LogP contribution in [0.4, 0.5) is 4.53 Å². The second-order valence-electron chi connectivity index (χ2n) is 6.87. The van der Waals surface area contributed by atoms with E-state index in [0.717, 1.165) is 23.8 Å². The normalized spacial score (nSPS) is 12.7. The molecule has 0 saturated carbocycles. The van der Waals surface area contributed by atoms with Gasteiger partial charge < -0.3 is 14.6 Å². The molecule has 1 aromatic rings. The van der Waals surface area contributed by atoms with E-state index in [9.17, 15) is 4.53 Å². The van der Waals surface area contributed by atoms with Gasteiger partial charge in [0, 0.05) is 6.08 Å². The highest BCUT2D eigenvalue weighted by atomic mass is 19.3. The number of aliphatic hydroxyl groups is 1. The number of hydrogen-bond acceptors (Lipinski definition) is 4. The quantitative estimate of drug-likeness (QED) is 0.137. The first kappa shape index (κ1) is 24.9. The number of aryl methyl sites for hydroxylation is 1. The third-order valence-corrected chi connectivity index (χ3v) is 4.64. The molecule has 0 aliphatic carbocycles. The standard InChI is InChI=1S/C24H35FO4/c1-3-5-6-7-8-9-10-11-21-12-14-23(15-13-21)22(4-2)18-24(16-17-26)28-19-27-20-29-25/h4,12-18,26H,3,5-11,19-20H2,1-2H3/b17-16+,22-4+,24-18+. The molecule has 0 fully saturated rings. The molecule has 0 aromatic heterocycles. The molecular weight excluding hydrogens is 371 g/mol. The highest BCUT2D eigenvalue weighted by molar-refractivity contribution is 5.74. The van der Waals surface area contributed by atoms with Crippen molar-refractivity contribution >= 4 is 5.57 Å². The van der Waals surface area contributed by atoms with Crippen LogP contribution >= 0.6 is 0 Å². The van der Waals surface area contributed by atoms with Gasteiger partial charge in [0.2, 0.25) is 0 Å². The number of hydrogen-bond donors (Lipinski definition) is 1. The second-order valence-corrected chi connectivity index (χ2v) is 6.87. The fourth-order valence-corrected chi connectivity index (χ4v) is 3.02. The minimum Gasteiger partial charge on any atom is -0.515 e. The second kappa shape index (κ2) is 16.8. The van der Waals surface area contributed by atoms with Crippen molar-refractivity contribution in [3.8, 4) is 0 Å². The van der Waals surface area contributed by atoms with Crippen LogP contribution in [0.1, 0.15) is 69.9 Å². The molecule has 1 aromatic carbocycles. The molecule has 0 unspecified atom stereocenters. The Balaban J connectivity index is 2.56. The predicted octanol–water partition coefficient (Wildman–Crippen LogP) is 7.19. The maximum atomic E-state index is 11.6. The lowest BCUT2D eigenvalue weighted by Crippen LogP contribution is -2.01. The first-order valence-electron chi connectivity index (χ1n) is 10.5.